The van der Waals surface area contributed by atoms with Crippen LogP contribution in [0.5, 0.6) is 0 Å². The molecule has 1 N–H and O–H groups in total. The Morgan fingerprint density at radius 1 is 1.16 bits per heavy atom. The third-order valence-electron chi connectivity index (χ3n) is 4.62. The number of likely N-dealkylation sites (N-methyl/N-ethyl adjacent to an activating group) is 1. The number of nitrogens with one attached hydrogen (secondary N) is 1. The van der Waals surface area contributed by atoms with Gasteiger partial charge in [0.15, 0.2) is 11.4 Å². The van der Waals surface area contributed by atoms with Gasteiger partial charge < -0.3 is 10.2 Å². The van der Waals surface area contributed by atoms with Crippen molar-refractivity contribution in [3.63, 3.8) is 0 Å². The lowest BCUT2D eigenvalue weighted by Gasteiger charge is -2.23. The summed E-state index contributed by atoms with van der Waals surface area (Å²) >= 11 is 0. The van der Waals surface area contributed by atoms with Crippen LogP contribution in [0, 0.1) is 12.7 Å². The largest absolute Gasteiger partial charge is 0.435 e. The van der Waals surface area contributed by atoms with E-state index in [4.69, 9.17) is 0 Å². The van der Waals surface area contributed by atoms with Crippen LogP contribution in [0.3, 0.4) is 0 Å². The van der Waals surface area contributed by atoms with E-state index < -0.39 is 29.3 Å². The zero-order valence-electron chi connectivity index (χ0n) is 16.9. The summed E-state index contributed by atoms with van der Waals surface area (Å²) in [4.78, 5) is 14.5. The first-order chi connectivity index (χ1) is 14.7. The van der Waals surface area contributed by atoms with Crippen molar-refractivity contribution in [3.8, 4) is 5.69 Å². The summed E-state index contributed by atoms with van der Waals surface area (Å²) in [5, 5.41) is 9.33. The van der Waals surface area contributed by atoms with Crippen molar-refractivity contribution < 1.29 is 22.4 Å². The highest BCUT2D eigenvalue weighted by Gasteiger charge is 2.42. The zero-order valence-corrected chi connectivity index (χ0v) is 16.9. The van der Waals surface area contributed by atoms with Crippen LogP contribution in [0.1, 0.15) is 28.7 Å². The number of carbonyl (C=O) groups is 1. The number of anilines is 1. The molecule has 1 amide bonds. The number of benzene rings is 2. The standard InChI is InChI=1S/C21H21F4N5O/c1-3-29(16-8-4-6-14(2)12-16)11-10-26-20(31)18-19(21(23,24)25)30(28-27-18)17-9-5-7-15(22)13-17/h4-9,12-13H,3,10-11H2,1-2H3,(H,26,31). The minimum absolute atomic E-state index is 0.102. The van der Waals surface area contributed by atoms with Crippen molar-refractivity contribution in [1.29, 1.82) is 0 Å². The number of rotatable bonds is 7. The van der Waals surface area contributed by atoms with Crippen molar-refractivity contribution >= 4 is 11.6 Å². The SMILES string of the molecule is CCN(CCNC(=O)c1nnn(-c2cccc(F)c2)c1C(F)(F)F)c1cccc(C)c1. The molecule has 0 atom stereocenters. The molecule has 31 heavy (non-hydrogen) atoms. The normalized spacial score (nSPS) is 11.4. The van der Waals surface area contributed by atoms with Gasteiger partial charge in [-0.25, -0.2) is 9.07 Å². The Morgan fingerprint density at radius 2 is 1.90 bits per heavy atom. The molecular weight excluding hydrogens is 414 g/mol. The number of hydrogen-bond acceptors (Lipinski definition) is 4. The Hall–Kier alpha value is -3.43. The van der Waals surface area contributed by atoms with Crippen molar-refractivity contribution in [3.05, 3.63) is 71.3 Å². The Morgan fingerprint density at radius 3 is 2.55 bits per heavy atom. The second kappa shape index (κ2) is 9.15. The maximum atomic E-state index is 13.7. The number of carbonyl (C=O) groups excluding carboxylic acids is 1. The van der Waals surface area contributed by atoms with Crippen LogP contribution < -0.4 is 10.2 Å². The average molecular weight is 435 g/mol. The number of halogens is 4. The smallest absolute Gasteiger partial charge is 0.370 e. The Kier molecular flexibility index (Phi) is 6.57. The van der Waals surface area contributed by atoms with Crippen molar-refractivity contribution in [1.82, 2.24) is 20.3 Å². The first kappa shape index (κ1) is 22.3. The maximum Gasteiger partial charge on any atom is 0.435 e. The van der Waals surface area contributed by atoms with Gasteiger partial charge in [0, 0.05) is 25.3 Å². The lowest BCUT2D eigenvalue weighted by Crippen LogP contribution is -2.36. The van der Waals surface area contributed by atoms with E-state index in [1.807, 2.05) is 43.0 Å². The predicted octanol–water partition coefficient (Wildman–Crippen LogP) is 3.99. The van der Waals surface area contributed by atoms with Crippen LogP contribution in [0.4, 0.5) is 23.2 Å². The fourth-order valence-electron chi connectivity index (χ4n) is 3.16. The topological polar surface area (TPSA) is 63.1 Å². The number of nitrogens with zero attached hydrogens (tertiary/aromatic N) is 4. The molecule has 1 aromatic heterocycles. The van der Waals surface area contributed by atoms with E-state index in [2.05, 4.69) is 15.6 Å². The highest BCUT2D eigenvalue weighted by molar-refractivity contribution is 5.93. The molecule has 0 fully saturated rings. The summed E-state index contributed by atoms with van der Waals surface area (Å²) in [5.41, 5.74) is -0.388. The summed E-state index contributed by atoms with van der Waals surface area (Å²) in [6.45, 7) is 5.05. The third kappa shape index (κ3) is 5.19. The van der Waals surface area contributed by atoms with E-state index in [0.29, 0.717) is 17.8 Å². The second-order valence-corrected chi connectivity index (χ2v) is 6.85. The lowest BCUT2D eigenvalue weighted by molar-refractivity contribution is -0.143. The molecule has 0 aliphatic carbocycles. The monoisotopic (exact) mass is 435 g/mol. The highest BCUT2D eigenvalue weighted by atomic mass is 19.4. The molecule has 0 aliphatic heterocycles. The summed E-state index contributed by atoms with van der Waals surface area (Å²) in [6, 6.07) is 12.2. The van der Waals surface area contributed by atoms with E-state index in [0.717, 1.165) is 23.4 Å². The van der Waals surface area contributed by atoms with Gasteiger partial charge in [0.25, 0.3) is 5.91 Å². The fraction of sp³-hybridized carbons (Fsp3) is 0.286. The fourth-order valence-corrected chi connectivity index (χ4v) is 3.16. The molecule has 0 saturated heterocycles. The molecule has 3 rings (SSSR count). The van der Waals surface area contributed by atoms with Crippen LogP contribution in [0.25, 0.3) is 5.69 Å². The number of hydrogen-bond donors (Lipinski definition) is 1. The Bertz CT molecular complexity index is 1060. The first-order valence-electron chi connectivity index (χ1n) is 9.59. The van der Waals surface area contributed by atoms with E-state index >= 15 is 0 Å². The van der Waals surface area contributed by atoms with Crippen LogP contribution >= 0.6 is 0 Å². The molecule has 0 radical (unpaired) electrons. The number of aromatic nitrogens is 3. The van der Waals surface area contributed by atoms with Gasteiger partial charge in [0.2, 0.25) is 0 Å². The molecule has 0 unspecified atom stereocenters. The molecule has 2 aromatic carbocycles. The minimum atomic E-state index is -4.92. The van der Waals surface area contributed by atoms with Crippen molar-refractivity contribution in [2.75, 3.05) is 24.5 Å². The Balaban J connectivity index is 1.77. The summed E-state index contributed by atoms with van der Waals surface area (Å²) in [5.74, 6) is -1.74. The molecule has 6 nitrogen and oxygen atoms in total. The summed E-state index contributed by atoms with van der Waals surface area (Å²) in [7, 11) is 0. The molecule has 3 aromatic rings. The minimum Gasteiger partial charge on any atom is -0.370 e. The number of alkyl halides is 3. The Labute approximate surface area is 176 Å². The highest BCUT2D eigenvalue weighted by Crippen LogP contribution is 2.32. The molecule has 0 aliphatic rings. The number of aryl methyl sites for hydroxylation is 1. The van der Waals surface area contributed by atoms with Gasteiger partial charge >= 0.3 is 6.18 Å². The van der Waals surface area contributed by atoms with Gasteiger partial charge in [0.05, 0.1) is 5.69 Å². The van der Waals surface area contributed by atoms with E-state index in [9.17, 15) is 22.4 Å². The van der Waals surface area contributed by atoms with Crippen molar-refractivity contribution in [2.24, 2.45) is 0 Å². The number of amides is 1. The molecule has 0 saturated carbocycles. The van der Waals surface area contributed by atoms with Gasteiger partial charge in [-0.3, -0.25) is 4.79 Å². The van der Waals surface area contributed by atoms with Gasteiger partial charge in [-0.1, -0.05) is 23.4 Å². The first-order valence-corrected chi connectivity index (χ1v) is 9.59. The molecule has 164 valence electrons. The van der Waals surface area contributed by atoms with E-state index in [-0.39, 0.29) is 12.2 Å². The molecule has 10 heteroatoms. The maximum absolute atomic E-state index is 13.7. The van der Waals surface area contributed by atoms with Crippen LogP contribution in [-0.4, -0.2) is 40.5 Å². The lowest BCUT2D eigenvalue weighted by atomic mass is 10.2. The van der Waals surface area contributed by atoms with Gasteiger partial charge in [-0.2, -0.15) is 13.2 Å². The molecule has 0 bridgehead atoms. The van der Waals surface area contributed by atoms with Gasteiger partial charge in [-0.05, 0) is 49.7 Å². The quantitative estimate of drug-likeness (QED) is 0.570. The predicted molar refractivity (Wildman–Crippen MR) is 108 cm³/mol. The van der Waals surface area contributed by atoms with Gasteiger partial charge in [0.1, 0.15) is 5.82 Å². The average Bonchev–Trinajstić information content (AvgIpc) is 3.17. The molecular formula is C21H21F4N5O. The van der Waals surface area contributed by atoms with Crippen molar-refractivity contribution in [2.45, 2.75) is 20.0 Å². The van der Waals surface area contributed by atoms with Crippen LogP contribution in [0.2, 0.25) is 0 Å². The van der Waals surface area contributed by atoms with E-state index in [1.54, 1.807) is 0 Å². The second-order valence-electron chi connectivity index (χ2n) is 6.85. The van der Waals surface area contributed by atoms with Gasteiger partial charge in [-0.15, -0.1) is 5.10 Å². The third-order valence-corrected chi connectivity index (χ3v) is 4.62. The molecule has 0 spiro atoms. The zero-order chi connectivity index (χ0) is 22.6. The summed E-state index contributed by atoms with van der Waals surface area (Å²) in [6.07, 6.45) is -4.92. The van der Waals surface area contributed by atoms with Crippen LogP contribution in [-0.2, 0) is 6.18 Å². The van der Waals surface area contributed by atoms with Crippen LogP contribution in [0.15, 0.2) is 48.5 Å². The summed E-state index contributed by atoms with van der Waals surface area (Å²) < 4.78 is 54.9. The van der Waals surface area contributed by atoms with E-state index in [1.165, 1.54) is 12.1 Å². The molecule has 1 heterocycles.